The summed E-state index contributed by atoms with van der Waals surface area (Å²) < 4.78 is 5.64. The van der Waals surface area contributed by atoms with Crippen molar-refractivity contribution >= 4 is 22.9 Å². The quantitative estimate of drug-likeness (QED) is 0.680. The van der Waals surface area contributed by atoms with Crippen LogP contribution < -0.4 is 10.1 Å². The minimum atomic E-state index is -0.0314. The maximum absolute atomic E-state index is 12.7. The first-order valence-corrected chi connectivity index (χ1v) is 10.4. The van der Waals surface area contributed by atoms with E-state index >= 15 is 0 Å². The third-order valence-electron chi connectivity index (χ3n) is 4.69. The van der Waals surface area contributed by atoms with Gasteiger partial charge in [-0.25, -0.2) is 4.98 Å². The molecule has 0 bridgehead atoms. The Morgan fingerprint density at radius 1 is 1.21 bits per heavy atom. The second-order valence-electron chi connectivity index (χ2n) is 7.22. The van der Waals surface area contributed by atoms with Crippen LogP contribution in [0.4, 0.5) is 5.69 Å². The summed E-state index contributed by atoms with van der Waals surface area (Å²) in [5.41, 5.74) is 2.81. The Hall–Kier alpha value is -2.73. The highest BCUT2D eigenvalue weighted by Gasteiger charge is 2.28. The lowest BCUT2D eigenvalue weighted by Gasteiger charge is -2.20. The van der Waals surface area contributed by atoms with Crippen LogP contribution in [-0.4, -0.2) is 22.0 Å². The number of nitrogens with zero attached hydrogens (tertiary/aromatic N) is 2. The van der Waals surface area contributed by atoms with Gasteiger partial charge in [0.05, 0.1) is 17.5 Å². The largest absolute Gasteiger partial charge is 0.491 e. The number of carbonyl (C=O) groups excluding carboxylic acids is 1. The number of aromatic nitrogens is 2. The van der Waals surface area contributed by atoms with Gasteiger partial charge in [0.25, 0.3) is 0 Å². The molecule has 144 valence electrons. The van der Waals surface area contributed by atoms with Gasteiger partial charge in [-0.15, -0.1) is 11.3 Å². The number of hydrogen-bond donors (Lipinski definition) is 1. The number of nitrogens with one attached hydrogen (secondary N) is 1. The third kappa shape index (κ3) is 4.22. The number of pyridine rings is 1. The fourth-order valence-electron chi connectivity index (χ4n) is 3.33. The molecule has 1 atom stereocenters. The Morgan fingerprint density at radius 3 is 2.75 bits per heavy atom. The lowest BCUT2D eigenvalue weighted by molar-refractivity contribution is -0.120. The molecule has 0 saturated carbocycles. The number of fused-ring (bicyclic) bond motifs is 1. The molecule has 4 rings (SSSR count). The van der Waals surface area contributed by atoms with E-state index in [1.165, 1.54) is 4.88 Å². The van der Waals surface area contributed by atoms with Crippen LogP contribution in [-0.2, 0) is 17.6 Å². The van der Waals surface area contributed by atoms with E-state index in [4.69, 9.17) is 9.72 Å². The Labute approximate surface area is 168 Å². The fourth-order valence-corrected chi connectivity index (χ4v) is 4.50. The van der Waals surface area contributed by atoms with Crippen LogP contribution in [0.3, 0.4) is 0 Å². The highest BCUT2D eigenvalue weighted by Crippen LogP contribution is 2.34. The normalized spacial score (nSPS) is 15.9. The highest BCUT2D eigenvalue weighted by molar-refractivity contribution is 7.15. The average molecular weight is 394 g/mol. The zero-order valence-corrected chi connectivity index (χ0v) is 16.8. The summed E-state index contributed by atoms with van der Waals surface area (Å²) in [5, 5.41) is 3.98. The van der Waals surface area contributed by atoms with Gasteiger partial charge in [-0.05, 0) is 69.5 Å². The smallest absolute Gasteiger partial charge is 0.227 e. The van der Waals surface area contributed by atoms with Gasteiger partial charge < -0.3 is 10.1 Å². The number of amides is 1. The molecule has 2 heterocycles. The molecule has 0 aliphatic heterocycles. The van der Waals surface area contributed by atoms with Gasteiger partial charge in [0.2, 0.25) is 5.91 Å². The van der Waals surface area contributed by atoms with Gasteiger partial charge in [0.15, 0.2) is 0 Å². The number of rotatable bonds is 5. The maximum Gasteiger partial charge on any atom is 0.227 e. The molecule has 6 heteroatoms. The lowest BCUT2D eigenvalue weighted by atomic mass is 9.90. The van der Waals surface area contributed by atoms with Crippen LogP contribution in [0.5, 0.6) is 5.75 Å². The first-order chi connectivity index (χ1) is 13.6. The van der Waals surface area contributed by atoms with Crippen LogP contribution in [0.2, 0.25) is 0 Å². The third-order valence-corrected chi connectivity index (χ3v) is 5.83. The van der Waals surface area contributed by atoms with Crippen molar-refractivity contribution in [3.05, 3.63) is 59.2 Å². The van der Waals surface area contributed by atoms with Crippen molar-refractivity contribution in [1.82, 2.24) is 9.97 Å². The van der Waals surface area contributed by atoms with Crippen molar-refractivity contribution in [1.29, 1.82) is 0 Å². The molecule has 28 heavy (non-hydrogen) atoms. The highest BCUT2D eigenvalue weighted by atomic mass is 32.1. The second kappa shape index (κ2) is 8.10. The minimum Gasteiger partial charge on any atom is -0.491 e. The Balaban J connectivity index is 1.41. The van der Waals surface area contributed by atoms with Crippen LogP contribution in [0.25, 0.3) is 10.7 Å². The van der Waals surface area contributed by atoms with Crippen LogP contribution >= 0.6 is 11.3 Å². The van der Waals surface area contributed by atoms with E-state index in [2.05, 4.69) is 10.3 Å². The van der Waals surface area contributed by atoms with Gasteiger partial charge in [0.1, 0.15) is 10.8 Å². The van der Waals surface area contributed by atoms with E-state index in [1.54, 1.807) is 17.5 Å². The number of aryl methyl sites for hydroxylation is 1. The average Bonchev–Trinajstić information content (AvgIpc) is 3.13. The summed E-state index contributed by atoms with van der Waals surface area (Å²) in [6, 6.07) is 13.4. The first-order valence-electron chi connectivity index (χ1n) is 9.56. The minimum absolute atomic E-state index is 0.0314. The van der Waals surface area contributed by atoms with E-state index < -0.39 is 0 Å². The maximum atomic E-state index is 12.7. The summed E-state index contributed by atoms with van der Waals surface area (Å²) in [7, 11) is 0. The number of carbonyl (C=O) groups is 1. The lowest BCUT2D eigenvalue weighted by Crippen LogP contribution is -2.27. The molecule has 2 aromatic heterocycles. The molecule has 0 radical (unpaired) electrons. The molecule has 1 unspecified atom stereocenters. The standard InChI is InChI=1S/C22H23N3O2S/c1-14(2)27-17-9-7-16(8-10-17)24-21(26)15-6-11-18-20(13-15)28-22(25-18)19-5-3-4-12-23-19/h3-5,7-10,12,14-15H,6,11,13H2,1-2H3,(H,24,26). The number of benzene rings is 1. The number of hydrogen-bond acceptors (Lipinski definition) is 5. The second-order valence-corrected chi connectivity index (χ2v) is 8.31. The monoisotopic (exact) mass is 393 g/mol. The molecule has 0 fully saturated rings. The van der Waals surface area contributed by atoms with Crippen LogP contribution in [0.15, 0.2) is 48.7 Å². The van der Waals surface area contributed by atoms with E-state index in [0.29, 0.717) is 0 Å². The van der Waals surface area contributed by atoms with Gasteiger partial charge in [-0.1, -0.05) is 6.07 Å². The van der Waals surface area contributed by atoms with E-state index in [-0.39, 0.29) is 17.9 Å². The van der Waals surface area contributed by atoms with Gasteiger partial charge in [-0.2, -0.15) is 0 Å². The first kappa shape index (κ1) is 18.6. The molecule has 0 saturated heterocycles. The van der Waals surface area contributed by atoms with Crippen molar-refractivity contribution in [2.24, 2.45) is 5.92 Å². The Morgan fingerprint density at radius 2 is 2.04 bits per heavy atom. The van der Waals surface area contributed by atoms with Crippen molar-refractivity contribution in [2.75, 3.05) is 5.32 Å². The SMILES string of the molecule is CC(C)Oc1ccc(NC(=O)C2CCc3nc(-c4ccccn4)sc3C2)cc1. The zero-order chi connectivity index (χ0) is 19.5. The van der Waals surface area contributed by atoms with Crippen molar-refractivity contribution in [3.8, 4) is 16.5 Å². The van der Waals surface area contributed by atoms with Crippen LogP contribution in [0.1, 0.15) is 30.8 Å². The summed E-state index contributed by atoms with van der Waals surface area (Å²) >= 11 is 1.65. The molecule has 0 spiro atoms. The van der Waals surface area contributed by atoms with Gasteiger partial charge in [-0.3, -0.25) is 9.78 Å². The predicted octanol–water partition coefficient (Wildman–Crippen LogP) is 4.74. The zero-order valence-electron chi connectivity index (χ0n) is 16.0. The topological polar surface area (TPSA) is 64.1 Å². The number of thiazole rings is 1. The number of ether oxygens (including phenoxy) is 1. The van der Waals surface area contributed by atoms with Crippen molar-refractivity contribution < 1.29 is 9.53 Å². The van der Waals surface area contributed by atoms with Gasteiger partial charge >= 0.3 is 0 Å². The summed E-state index contributed by atoms with van der Waals surface area (Å²) in [6.45, 7) is 3.98. The Bertz CT molecular complexity index is 952. The summed E-state index contributed by atoms with van der Waals surface area (Å²) in [4.78, 5) is 23.1. The molecule has 1 N–H and O–H groups in total. The van der Waals surface area contributed by atoms with E-state index in [1.807, 2.05) is 56.3 Å². The van der Waals surface area contributed by atoms with Crippen LogP contribution in [0, 0.1) is 5.92 Å². The van der Waals surface area contributed by atoms with Crippen molar-refractivity contribution in [3.63, 3.8) is 0 Å². The number of anilines is 1. The molecule has 1 aliphatic carbocycles. The van der Waals surface area contributed by atoms with E-state index in [0.717, 1.165) is 47.1 Å². The molecular formula is C22H23N3O2S. The molecule has 5 nitrogen and oxygen atoms in total. The Kier molecular flexibility index (Phi) is 5.39. The molecule has 1 aromatic carbocycles. The molecular weight excluding hydrogens is 370 g/mol. The summed E-state index contributed by atoms with van der Waals surface area (Å²) in [5.74, 6) is 0.842. The molecule has 3 aromatic rings. The fraction of sp³-hybridized carbons (Fsp3) is 0.318. The molecule has 1 aliphatic rings. The van der Waals surface area contributed by atoms with Crippen molar-refractivity contribution in [2.45, 2.75) is 39.2 Å². The van der Waals surface area contributed by atoms with Gasteiger partial charge in [0, 0.05) is 22.7 Å². The predicted molar refractivity (Wildman–Crippen MR) is 112 cm³/mol. The molecule has 1 amide bonds. The van der Waals surface area contributed by atoms with E-state index in [9.17, 15) is 4.79 Å². The summed E-state index contributed by atoms with van der Waals surface area (Å²) in [6.07, 6.45) is 4.30.